The number of aromatic hydroxyl groups is 1. The Hall–Kier alpha value is 0.197. The number of phenols is 1. The standard InChI is InChI=1S/C14H21Br2OSi/c1-14(2,3)11-6-9(7-15)12(17)10(8-16)13(11)18(4)5/h6,17H,7-8H2,1-5H3. The molecule has 0 bridgehead atoms. The van der Waals surface area contributed by atoms with Gasteiger partial charge in [0.2, 0.25) is 0 Å². The number of benzene rings is 1. The van der Waals surface area contributed by atoms with E-state index in [4.69, 9.17) is 0 Å². The molecule has 0 atom stereocenters. The summed E-state index contributed by atoms with van der Waals surface area (Å²) in [6.07, 6.45) is 0. The summed E-state index contributed by atoms with van der Waals surface area (Å²) in [6, 6.07) is 2.17. The van der Waals surface area contributed by atoms with E-state index >= 15 is 0 Å². The van der Waals surface area contributed by atoms with Crippen molar-refractivity contribution in [2.75, 3.05) is 0 Å². The molecule has 0 saturated carbocycles. The summed E-state index contributed by atoms with van der Waals surface area (Å²) in [4.78, 5) is 0. The predicted octanol–water partition coefficient (Wildman–Crippen LogP) is 4.44. The lowest BCUT2D eigenvalue weighted by molar-refractivity contribution is 0.465. The molecule has 0 spiro atoms. The van der Waals surface area contributed by atoms with Crippen LogP contribution in [0.4, 0.5) is 0 Å². The van der Waals surface area contributed by atoms with Gasteiger partial charge in [-0.05, 0) is 11.0 Å². The first-order valence-electron chi connectivity index (χ1n) is 6.04. The fraction of sp³-hybridized carbons (Fsp3) is 0.571. The Kier molecular flexibility index (Phi) is 5.51. The number of halogens is 2. The molecule has 1 aromatic rings. The van der Waals surface area contributed by atoms with Gasteiger partial charge in [-0.1, -0.05) is 77.0 Å². The predicted molar refractivity (Wildman–Crippen MR) is 89.2 cm³/mol. The lowest BCUT2D eigenvalue weighted by atomic mass is 9.84. The molecule has 0 heterocycles. The van der Waals surface area contributed by atoms with Gasteiger partial charge in [0.1, 0.15) is 5.75 Å². The van der Waals surface area contributed by atoms with Gasteiger partial charge >= 0.3 is 0 Å². The summed E-state index contributed by atoms with van der Waals surface area (Å²) in [5, 5.41) is 13.2. The van der Waals surface area contributed by atoms with E-state index in [2.05, 4.69) is 71.8 Å². The van der Waals surface area contributed by atoms with Crippen LogP contribution in [0.15, 0.2) is 6.07 Å². The monoisotopic (exact) mass is 391 g/mol. The van der Waals surface area contributed by atoms with Crippen molar-refractivity contribution < 1.29 is 5.11 Å². The van der Waals surface area contributed by atoms with Crippen LogP contribution in [0.1, 0.15) is 37.5 Å². The van der Waals surface area contributed by atoms with Crippen molar-refractivity contribution in [1.29, 1.82) is 0 Å². The van der Waals surface area contributed by atoms with E-state index in [1.54, 1.807) is 0 Å². The maximum absolute atomic E-state index is 10.4. The largest absolute Gasteiger partial charge is 0.507 e. The lowest BCUT2D eigenvalue weighted by Crippen LogP contribution is -2.35. The Morgan fingerprint density at radius 1 is 1.17 bits per heavy atom. The van der Waals surface area contributed by atoms with Gasteiger partial charge in [0, 0.05) is 21.8 Å². The van der Waals surface area contributed by atoms with Crippen LogP contribution in [-0.2, 0) is 16.1 Å². The summed E-state index contributed by atoms with van der Waals surface area (Å²) in [7, 11) is -0.618. The number of hydrogen-bond donors (Lipinski definition) is 1. The molecule has 18 heavy (non-hydrogen) atoms. The van der Waals surface area contributed by atoms with Crippen molar-refractivity contribution in [3.8, 4) is 5.75 Å². The molecule has 1 rings (SSSR count). The van der Waals surface area contributed by atoms with Gasteiger partial charge in [-0.3, -0.25) is 0 Å². The molecule has 1 aromatic carbocycles. The minimum atomic E-state index is -0.618. The number of phenolic OH excluding ortho intramolecular Hbond substituents is 1. The first-order valence-corrected chi connectivity index (χ1v) is 10.8. The Labute approximate surface area is 129 Å². The Morgan fingerprint density at radius 3 is 2.06 bits per heavy atom. The maximum atomic E-state index is 10.4. The second-order valence-corrected chi connectivity index (χ2v) is 9.42. The summed E-state index contributed by atoms with van der Waals surface area (Å²) >= 11 is 7.00. The highest BCUT2D eigenvalue weighted by Crippen LogP contribution is 2.32. The van der Waals surface area contributed by atoms with Crippen LogP contribution in [0.2, 0.25) is 13.1 Å². The van der Waals surface area contributed by atoms with Crippen LogP contribution in [0.5, 0.6) is 5.75 Å². The van der Waals surface area contributed by atoms with Gasteiger partial charge in [0.15, 0.2) is 0 Å². The topological polar surface area (TPSA) is 20.2 Å². The molecule has 0 aliphatic rings. The molecule has 101 valence electrons. The van der Waals surface area contributed by atoms with Crippen molar-refractivity contribution in [2.45, 2.75) is 49.9 Å². The minimum absolute atomic E-state index is 0.110. The summed E-state index contributed by atoms with van der Waals surface area (Å²) in [6.45, 7) is 11.3. The van der Waals surface area contributed by atoms with Crippen molar-refractivity contribution >= 4 is 45.8 Å². The van der Waals surface area contributed by atoms with Crippen molar-refractivity contribution in [3.05, 3.63) is 22.8 Å². The molecule has 1 N–H and O–H groups in total. The first kappa shape index (κ1) is 16.3. The highest BCUT2D eigenvalue weighted by atomic mass is 79.9. The zero-order valence-electron chi connectivity index (χ0n) is 11.7. The van der Waals surface area contributed by atoms with Gasteiger partial charge in [-0.15, -0.1) is 0 Å². The van der Waals surface area contributed by atoms with Crippen LogP contribution in [0, 0.1) is 0 Å². The zero-order chi connectivity index (χ0) is 14.1. The van der Waals surface area contributed by atoms with Gasteiger partial charge in [-0.2, -0.15) is 0 Å². The highest BCUT2D eigenvalue weighted by molar-refractivity contribution is 9.08. The second kappa shape index (κ2) is 6.10. The average Bonchev–Trinajstić information content (AvgIpc) is 2.26. The third-order valence-electron chi connectivity index (χ3n) is 3.07. The molecule has 0 saturated heterocycles. The SMILES string of the molecule is C[Si](C)c1c(C(C)(C)C)cc(CBr)c(O)c1CBr. The van der Waals surface area contributed by atoms with Crippen molar-refractivity contribution in [3.63, 3.8) is 0 Å². The Bertz CT molecular complexity index is 436. The second-order valence-electron chi connectivity index (χ2n) is 5.80. The number of rotatable bonds is 3. The van der Waals surface area contributed by atoms with Gasteiger partial charge in [0.05, 0.1) is 8.80 Å². The molecule has 1 nitrogen and oxygen atoms in total. The third-order valence-corrected chi connectivity index (χ3v) is 5.80. The normalized spacial score (nSPS) is 12.2. The van der Waals surface area contributed by atoms with Gasteiger partial charge in [-0.25, -0.2) is 0 Å². The molecular weight excluding hydrogens is 372 g/mol. The summed E-state index contributed by atoms with van der Waals surface area (Å²) in [5.41, 5.74) is 3.55. The van der Waals surface area contributed by atoms with Gasteiger partial charge < -0.3 is 5.11 Å². The highest BCUT2D eigenvalue weighted by Gasteiger charge is 2.25. The first-order chi connectivity index (χ1) is 8.23. The molecule has 0 aromatic heterocycles. The molecule has 1 radical (unpaired) electrons. The molecule has 0 aliphatic carbocycles. The van der Waals surface area contributed by atoms with Crippen molar-refractivity contribution in [2.24, 2.45) is 0 Å². The van der Waals surface area contributed by atoms with Crippen LogP contribution < -0.4 is 5.19 Å². The number of alkyl halides is 2. The molecular formula is C14H21Br2OSi. The fourth-order valence-electron chi connectivity index (χ4n) is 2.18. The molecule has 0 unspecified atom stereocenters. The van der Waals surface area contributed by atoms with Crippen molar-refractivity contribution in [1.82, 2.24) is 0 Å². The van der Waals surface area contributed by atoms with Crippen LogP contribution in [0.3, 0.4) is 0 Å². The van der Waals surface area contributed by atoms with E-state index in [-0.39, 0.29) is 5.41 Å². The van der Waals surface area contributed by atoms with E-state index in [1.807, 2.05) is 0 Å². The van der Waals surface area contributed by atoms with E-state index in [0.29, 0.717) is 16.4 Å². The zero-order valence-corrected chi connectivity index (χ0v) is 15.9. The van der Waals surface area contributed by atoms with Crippen LogP contribution >= 0.6 is 31.9 Å². The molecule has 0 aliphatic heterocycles. The molecule has 4 heteroatoms. The smallest absolute Gasteiger partial charge is 0.123 e. The third kappa shape index (κ3) is 3.20. The Balaban J connectivity index is 3.68. The lowest BCUT2D eigenvalue weighted by Gasteiger charge is -2.28. The molecule has 0 amide bonds. The van der Waals surface area contributed by atoms with Crippen LogP contribution in [0.25, 0.3) is 0 Å². The van der Waals surface area contributed by atoms with E-state index < -0.39 is 8.80 Å². The maximum Gasteiger partial charge on any atom is 0.123 e. The fourth-order valence-corrected chi connectivity index (χ4v) is 5.21. The molecule has 0 fully saturated rings. The Morgan fingerprint density at radius 2 is 1.72 bits per heavy atom. The quantitative estimate of drug-likeness (QED) is 0.595. The summed E-state index contributed by atoms with van der Waals surface area (Å²) < 4.78 is 0. The van der Waals surface area contributed by atoms with E-state index in [0.717, 1.165) is 11.1 Å². The van der Waals surface area contributed by atoms with E-state index in [1.165, 1.54) is 10.8 Å². The van der Waals surface area contributed by atoms with E-state index in [9.17, 15) is 5.11 Å². The minimum Gasteiger partial charge on any atom is -0.507 e. The summed E-state index contributed by atoms with van der Waals surface area (Å²) in [5.74, 6) is 0.456. The van der Waals surface area contributed by atoms with Crippen LogP contribution in [-0.4, -0.2) is 13.9 Å². The number of hydrogen-bond acceptors (Lipinski definition) is 1. The van der Waals surface area contributed by atoms with Gasteiger partial charge in [0.25, 0.3) is 0 Å². The average molecular weight is 393 g/mol.